The summed E-state index contributed by atoms with van der Waals surface area (Å²) in [4.78, 5) is 2.58. The third kappa shape index (κ3) is 4.24. The number of likely N-dealkylation sites (N-methyl/N-ethyl adjacent to an activating group) is 1. The van der Waals surface area contributed by atoms with E-state index in [1.165, 1.54) is 12.8 Å². The topological polar surface area (TPSA) is 29.3 Å². The maximum atomic E-state index is 6.62. The van der Waals surface area contributed by atoms with Crippen LogP contribution in [0.1, 0.15) is 73.6 Å². The third-order valence-corrected chi connectivity index (χ3v) is 4.75. The highest BCUT2D eigenvalue weighted by Gasteiger charge is 2.38. The van der Waals surface area contributed by atoms with Crippen LogP contribution in [0.15, 0.2) is 0 Å². The summed E-state index contributed by atoms with van der Waals surface area (Å²) in [5.41, 5.74) is 6.82. The molecule has 110 valence electrons. The van der Waals surface area contributed by atoms with E-state index in [1.54, 1.807) is 0 Å². The summed E-state index contributed by atoms with van der Waals surface area (Å²) in [6.07, 6.45) is 6.04. The maximum Gasteiger partial charge on any atom is 0.0355 e. The number of nitrogens with zero attached hydrogens (tertiary/aromatic N) is 1. The Balaban J connectivity index is 4.85. The van der Waals surface area contributed by atoms with Crippen LogP contribution >= 0.6 is 0 Å². The highest BCUT2D eigenvalue weighted by atomic mass is 15.2. The Hall–Kier alpha value is -0.0800. The lowest BCUT2D eigenvalue weighted by molar-refractivity contribution is 0.0546. The minimum absolute atomic E-state index is 0.200. The molecule has 2 nitrogen and oxygen atoms in total. The van der Waals surface area contributed by atoms with E-state index in [1.807, 2.05) is 0 Å². The summed E-state index contributed by atoms with van der Waals surface area (Å²) < 4.78 is 0. The van der Waals surface area contributed by atoms with E-state index in [0.717, 1.165) is 38.3 Å². The molecule has 0 rings (SSSR count). The van der Waals surface area contributed by atoms with Crippen molar-refractivity contribution in [2.24, 2.45) is 11.7 Å². The molecule has 0 aliphatic carbocycles. The van der Waals surface area contributed by atoms with Crippen LogP contribution in [-0.2, 0) is 0 Å². The Labute approximate surface area is 115 Å². The monoisotopic (exact) mass is 256 g/mol. The summed E-state index contributed by atoms with van der Waals surface area (Å²) in [6.45, 7) is 15.9. The Kier molecular flexibility index (Phi) is 8.89. The van der Waals surface area contributed by atoms with Gasteiger partial charge in [-0.3, -0.25) is 4.90 Å². The third-order valence-electron chi connectivity index (χ3n) is 4.75. The van der Waals surface area contributed by atoms with Gasteiger partial charge in [-0.25, -0.2) is 0 Å². The second kappa shape index (κ2) is 8.92. The smallest absolute Gasteiger partial charge is 0.0355 e. The normalized spacial score (nSPS) is 16.0. The van der Waals surface area contributed by atoms with Gasteiger partial charge in [-0.05, 0) is 38.3 Å². The van der Waals surface area contributed by atoms with Crippen LogP contribution in [0.2, 0.25) is 0 Å². The van der Waals surface area contributed by atoms with Gasteiger partial charge in [0, 0.05) is 11.6 Å². The van der Waals surface area contributed by atoms with Crippen LogP contribution < -0.4 is 5.73 Å². The van der Waals surface area contributed by atoms with Gasteiger partial charge in [0.2, 0.25) is 0 Å². The highest BCUT2D eigenvalue weighted by Crippen LogP contribution is 2.30. The average Bonchev–Trinajstić information content (AvgIpc) is 2.36. The molecule has 0 heterocycles. The molecular weight excluding hydrogens is 220 g/mol. The van der Waals surface area contributed by atoms with Crippen molar-refractivity contribution in [1.82, 2.24) is 4.90 Å². The number of hydrogen-bond donors (Lipinski definition) is 1. The predicted octanol–water partition coefficient (Wildman–Crippen LogP) is 4.04. The fourth-order valence-electron chi connectivity index (χ4n) is 3.57. The van der Waals surface area contributed by atoms with E-state index >= 15 is 0 Å². The van der Waals surface area contributed by atoms with Crippen molar-refractivity contribution in [3.05, 3.63) is 0 Å². The summed E-state index contributed by atoms with van der Waals surface area (Å²) in [5, 5.41) is 0. The lowest BCUT2D eigenvalue weighted by atomic mass is 9.78. The van der Waals surface area contributed by atoms with Crippen molar-refractivity contribution in [1.29, 1.82) is 0 Å². The van der Waals surface area contributed by atoms with Crippen molar-refractivity contribution in [3.63, 3.8) is 0 Å². The van der Waals surface area contributed by atoms with Crippen LogP contribution in [0.3, 0.4) is 0 Å². The molecule has 0 aliphatic heterocycles. The zero-order valence-corrected chi connectivity index (χ0v) is 13.6. The Morgan fingerprint density at radius 1 is 1.00 bits per heavy atom. The molecule has 0 fully saturated rings. The van der Waals surface area contributed by atoms with Crippen LogP contribution in [0, 0.1) is 5.92 Å². The summed E-state index contributed by atoms with van der Waals surface area (Å²) >= 11 is 0. The number of hydrogen-bond acceptors (Lipinski definition) is 2. The van der Waals surface area contributed by atoms with Crippen molar-refractivity contribution < 1.29 is 0 Å². The molecule has 0 spiro atoms. The molecule has 2 atom stereocenters. The van der Waals surface area contributed by atoms with E-state index in [9.17, 15) is 0 Å². The quantitative estimate of drug-likeness (QED) is 0.639. The van der Waals surface area contributed by atoms with Gasteiger partial charge in [0.05, 0.1) is 0 Å². The Morgan fingerprint density at radius 3 is 1.83 bits per heavy atom. The van der Waals surface area contributed by atoms with Gasteiger partial charge in [-0.2, -0.15) is 0 Å². The molecule has 18 heavy (non-hydrogen) atoms. The fourth-order valence-corrected chi connectivity index (χ4v) is 3.57. The molecule has 0 saturated heterocycles. The molecule has 0 amide bonds. The minimum atomic E-state index is 0.200. The molecule has 0 aromatic carbocycles. The summed E-state index contributed by atoms with van der Waals surface area (Å²) in [5.74, 6) is 0.748. The number of nitrogens with two attached hydrogens (primary N) is 1. The van der Waals surface area contributed by atoms with Gasteiger partial charge < -0.3 is 5.73 Å². The van der Waals surface area contributed by atoms with Crippen LogP contribution in [0.5, 0.6) is 0 Å². The predicted molar refractivity (Wildman–Crippen MR) is 82.9 cm³/mol. The fraction of sp³-hybridized carbons (Fsp3) is 1.00. The van der Waals surface area contributed by atoms with E-state index in [2.05, 4.69) is 46.4 Å². The van der Waals surface area contributed by atoms with Crippen molar-refractivity contribution in [3.8, 4) is 0 Å². The number of rotatable bonds is 10. The van der Waals surface area contributed by atoms with Crippen molar-refractivity contribution in [2.75, 3.05) is 13.1 Å². The van der Waals surface area contributed by atoms with Gasteiger partial charge >= 0.3 is 0 Å². The van der Waals surface area contributed by atoms with Crippen LogP contribution in [0.25, 0.3) is 0 Å². The second-order valence-corrected chi connectivity index (χ2v) is 5.72. The standard InChI is InChI=1S/C16H36N2/c1-7-12-14(6)13-15(17)16(8-2,9-3)18(10-4)11-5/h14-15H,7-13,17H2,1-6H3. The van der Waals surface area contributed by atoms with Gasteiger partial charge in [0.15, 0.2) is 0 Å². The molecule has 2 heteroatoms. The molecule has 0 aromatic heterocycles. The van der Waals surface area contributed by atoms with E-state index in [-0.39, 0.29) is 5.54 Å². The highest BCUT2D eigenvalue weighted by molar-refractivity contribution is 4.97. The summed E-state index contributed by atoms with van der Waals surface area (Å²) in [7, 11) is 0. The van der Waals surface area contributed by atoms with E-state index in [0.29, 0.717) is 6.04 Å². The molecular formula is C16H36N2. The summed E-state index contributed by atoms with van der Waals surface area (Å²) in [6, 6.07) is 0.300. The van der Waals surface area contributed by atoms with Crippen LogP contribution in [-0.4, -0.2) is 29.6 Å². The van der Waals surface area contributed by atoms with Crippen molar-refractivity contribution >= 4 is 0 Å². The SMILES string of the molecule is CCCC(C)CC(N)C(CC)(CC)N(CC)CC. The molecule has 0 saturated carbocycles. The van der Waals surface area contributed by atoms with Gasteiger partial charge in [0.25, 0.3) is 0 Å². The zero-order valence-electron chi connectivity index (χ0n) is 13.6. The Bertz CT molecular complexity index is 195. The van der Waals surface area contributed by atoms with Gasteiger partial charge in [-0.1, -0.05) is 54.4 Å². The molecule has 0 aromatic rings. The second-order valence-electron chi connectivity index (χ2n) is 5.72. The minimum Gasteiger partial charge on any atom is -0.326 e. The van der Waals surface area contributed by atoms with Gasteiger partial charge in [0.1, 0.15) is 0 Å². The molecule has 2 N–H and O–H groups in total. The average molecular weight is 256 g/mol. The van der Waals surface area contributed by atoms with Gasteiger partial charge in [-0.15, -0.1) is 0 Å². The largest absolute Gasteiger partial charge is 0.326 e. The van der Waals surface area contributed by atoms with E-state index < -0.39 is 0 Å². The first-order chi connectivity index (χ1) is 8.52. The molecule has 2 unspecified atom stereocenters. The van der Waals surface area contributed by atoms with Crippen molar-refractivity contribution in [2.45, 2.75) is 85.2 Å². The Morgan fingerprint density at radius 2 is 1.50 bits per heavy atom. The first-order valence-electron chi connectivity index (χ1n) is 8.02. The first kappa shape index (κ1) is 17.9. The molecule has 0 radical (unpaired) electrons. The first-order valence-corrected chi connectivity index (χ1v) is 8.02. The van der Waals surface area contributed by atoms with E-state index in [4.69, 9.17) is 5.73 Å². The lowest BCUT2D eigenvalue weighted by Gasteiger charge is -2.47. The maximum absolute atomic E-state index is 6.62. The zero-order chi connectivity index (χ0) is 14.2. The lowest BCUT2D eigenvalue weighted by Crippen LogP contribution is -2.59. The van der Waals surface area contributed by atoms with Crippen LogP contribution in [0.4, 0.5) is 0 Å². The molecule has 0 bridgehead atoms. The molecule has 0 aliphatic rings.